The zero-order chi connectivity index (χ0) is 22.0. The lowest BCUT2D eigenvalue weighted by atomic mass is 9.89. The van der Waals surface area contributed by atoms with Crippen LogP contribution in [-0.2, 0) is 21.2 Å². The minimum atomic E-state index is -3.48. The van der Waals surface area contributed by atoms with Crippen LogP contribution in [0.5, 0.6) is 5.75 Å². The van der Waals surface area contributed by atoms with Crippen LogP contribution in [0.2, 0.25) is 0 Å². The lowest BCUT2D eigenvalue weighted by molar-refractivity contribution is -0.122. The number of benzene rings is 2. The number of anilines is 1. The fourth-order valence-corrected chi connectivity index (χ4v) is 5.69. The number of rotatable bonds is 6. The molecule has 0 aromatic heterocycles. The number of amides is 1. The smallest absolute Gasteiger partial charge is 0.265 e. The fourth-order valence-electron chi connectivity index (χ4n) is 4.18. The zero-order valence-corrected chi connectivity index (χ0v) is 18.4. The Hall–Kier alpha value is -2.42. The van der Waals surface area contributed by atoms with E-state index in [1.165, 1.54) is 16.4 Å². The number of hydrogen-bond acceptors (Lipinski definition) is 5. The fraction of sp³-hybridized carbons (Fsp3) is 0.435. The largest absolute Gasteiger partial charge is 0.481 e. The number of carbonyl (C=O) groups excluding carboxylic acids is 1. The van der Waals surface area contributed by atoms with Gasteiger partial charge in [0.25, 0.3) is 5.91 Å². The van der Waals surface area contributed by atoms with Gasteiger partial charge in [-0.15, -0.1) is 0 Å². The predicted molar refractivity (Wildman–Crippen MR) is 117 cm³/mol. The highest BCUT2D eigenvalue weighted by atomic mass is 32.2. The number of fused-ring (bicyclic) bond motifs is 1. The van der Waals surface area contributed by atoms with Crippen molar-refractivity contribution in [3.63, 3.8) is 0 Å². The maximum atomic E-state index is 12.6. The first-order chi connectivity index (χ1) is 14.9. The Bertz CT molecular complexity index is 1050. The Morgan fingerprint density at radius 1 is 1.13 bits per heavy atom. The molecule has 2 atom stereocenters. The summed E-state index contributed by atoms with van der Waals surface area (Å²) in [6.07, 6.45) is 2.94. The molecule has 0 unspecified atom stereocenters. The second-order valence-corrected chi connectivity index (χ2v) is 10.1. The van der Waals surface area contributed by atoms with E-state index in [0.717, 1.165) is 43.2 Å². The first-order valence-corrected chi connectivity index (χ1v) is 12.2. The number of nitrogens with one attached hydrogen (secondary N) is 1. The van der Waals surface area contributed by atoms with Crippen molar-refractivity contribution in [2.45, 2.75) is 56.1 Å². The number of nitrogens with zero attached hydrogens (tertiary/aromatic N) is 1. The zero-order valence-electron chi connectivity index (χ0n) is 17.6. The summed E-state index contributed by atoms with van der Waals surface area (Å²) in [5.41, 5.74) is 2.33. The van der Waals surface area contributed by atoms with E-state index in [2.05, 4.69) is 5.32 Å². The molecule has 1 aliphatic carbocycles. The van der Waals surface area contributed by atoms with Gasteiger partial charge in [0.05, 0.1) is 11.0 Å². The van der Waals surface area contributed by atoms with Gasteiger partial charge in [0.1, 0.15) is 5.75 Å². The first-order valence-electron chi connectivity index (χ1n) is 10.7. The molecule has 0 saturated carbocycles. The molecule has 1 amide bonds. The molecule has 31 heavy (non-hydrogen) atoms. The molecule has 2 aromatic rings. The summed E-state index contributed by atoms with van der Waals surface area (Å²) in [5.74, 6) is 0.287. The Morgan fingerprint density at radius 2 is 1.84 bits per heavy atom. The molecule has 1 aliphatic heterocycles. The van der Waals surface area contributed by atoms with Crippen molar-refractivity contribution in [2.24, 2.45) is 0 Å². The summed E-state index contributed by atoms with van der Waals surface area (Å²) in [4.78, 5) is 12.9. The molecule has 0 bridgehead atoms. The molecule has 2 N–H and O–H groups in total. The second-order valence-electron chi connectivity index (χ2n) is 8.12. The molecule has 0 spiro atoms. The van der Waals surface area contributed by atoms with E-state index in [9.17, 15) is 18.3 Å². The van der Waals surface area contributed by atoms with Gasteiger partial charge in [-0.05, 0) is 80.5 Å². The average molecular weight is 445 g/mol. The predicted octanol–water partition coefficient (Wildman–Crippen LogP) is 3.25. The summed E-state index contributed by atoms with van der Waals surface area (Å²) >= 11 is 0. The van der Waals surface area contributed by atoms with Crippen LogP contribution in [0.25, 0.3) is 0 Å². The summed E-state index contributed by atoms with van der Waals surface area (Å²) in [6, 6.07) is 11.8. The molecular weight excluding hydrogens is 416 g/mol. The third-order valence-corrected chi connectivity index (χ3v) is 7.84. The van der Waals surface area contributed by atoms with Crippen molar-refractivity contribution in [3.8, 4) is 5.75 Å². The van der Waals surface area contributed by atoms with Gasteiger partial charge in [-0.3, -0.25) is 4.79 Å². The van der Waals surface area contributed by atoms with E-state index in [-0.39, 0.29) is 10.8 Å². The standard InChI is InChI=1S/C23H28N2O5S/c1-16(30-22-9-5-6-19-20(22)7-4-8-21(19)26)23(27)24-17-10-12-18(13-11-17)31(28,29)25-14-2-3-15-25/h5-6,9-13,16,21,26H,2-4,7-8,14-15H2,1H3,(H,24,27)/t16-,21-/m0/s1. The molecule has 2 aromatic carbocycles. The molecule has 0 radical (unpaired) electrons. The van der Waals surface area contributed by atoms with Crippen LogP contribution < -0.4 is 10.1 Å². The highest BCUT2D eigenvalue weighted by molar-refractivity contribution is 7.89. The minimum Gasteiger partial charge on any atom is -0.481 e. The third kappa shape index (κ3) is 4.61. The van der Waals surface area contributed by atoms with Crippen LogP contribution in [-0.4, -0.2) is 42.9 Å². The van der Waals surface area contributed by atoms with Crippen LogP contribution in [0.3, 0.4) is 0 Å². The number of ether oxygens (including phenoxy) is 1. The quantitative estimate of drug-likeness (QED) is 0.713. The van der Waals surface area contributed by atoms with E-state index < -0.39 is 22.2 Å². The highest BCUT2D eigenvalue weighted by Crippen LogP contribution is 2.35. The second kappa shape index (κ2) is 8.98. The third-order valence-electron chi connectivity index (χ3n) is 5.93. The van der Waals surface area contributed by atoms with Gasteiger partial charge in [0.2, 0.25) is 10.0 Å². The molecule has 166 valence electrons. The van der Waals surface area contributed by atoms with Gasteiger partial charge in [0.15, 0.2) is 6.10 Å². The van der Waals surface area contributed by atoms with Gasteiger partial charge in [-0.2, -0.15) is 4.31 Å². The van der Waals surface area contributed by atoms with Gasteiger partial charge in [0, 0.05) is 18.8 Å². The van der Waals surface area contributed by atoms with Crippen molar-refractivity contribution in [1.82, 2.24) is 4.31 Å². The summed E-state index contributed by atoms with van der Waals surface area (Å²) in [5, 5.41) is 13.0. The van der Waals surface area contributed by atoms with E-state index in [4.69, 9.17) is 4.74 Å². The van der Waals surface area contributed by atoms with Crippen molar-refractivity contribution in [3.05, 3.63) is 53.6 Å². The summed E-state index contributed by atoms with van der Waals surface area (Å²) < 4.78 is 32.7. The number of hydrogen-bond donors (Lipinski definition) is 2. The number of aliphatic hydroxyl groups excluding tert-OH is 1. The van der Waals surface area contributed by atoms with Crippen LogP contribution in [0.15, 0.2) is 47.4 Å². The van der Waals surface area contributed by atoms with E-state index in [1.54, 1.807) is 19.1 Å². The lowest BCUT2D eigenvalue weighted by Gasteiger charge is -2.25. The van der Waals surface area contributed by atoms with E-state index in [1.807, 2.05) is 18.2 Å². The van der Waals surface area contributed by atoms with Crippen molar-refractivity contribution in [2.75, 3.05) is 18.4 Å². The van der Waals surface area contributed by atoms with E-state index >= 15 is 0 Å². The van der Waals surface area contributed by atoms with Crippen LogP contribution in [0.1, 0.15) is 49.8 Å². The molecule has 1 fully saturated rings. The summed E-state index contributed by atoms with van der Waals surface area (Å²) in [6.45, 7) is 2.77. The Labute approximate surface area is 183 Å². The molecule has 4 rings (SSSR count). The first kappa shape index (κ1) is 21.8. The Morgan fingerprint density at radius 3 is 2.55 bits per heavy atom. The van der Waals surface area contributed by atoms with Gasteiger partial charge in [-0.1, -0.05) is 12.1 Å². The minimum absolute atomic E-state index is 0.228. The average Bonchev–Trinajstić information content (AvgIpc) is 3.31. The van der Waals surface area contributed by atoms with Gasteiger partial charge in [-0.25, -0.2) is 8.42 Å². The Balaban J connectivity index is 1.41. The maximum Gasteiger partial charge on any atom is 0.265 e. The maximum absolute atomic E-state index is 12.6. The van der Waals surface area contributed by atoms with Gasteiger partial charge >= 0.3 is 0 Å². The molecule has 1 heterocycles. The summed E-state index contributed by atoms with van der Waals surface area (Å²) in [7, 11) is -3.48. The Kier molecular flexibility index (Phi) is 6.31. The van der Waals surface area contributed by atoms with E-state index in [0.29, 0.717) is 24.5 Å². The molecule has 7 nitrogen and oxygen atoms in total. The van der Waals surface area contributed by atoms with Gasteiger partial charge < -0.3 is 15.2 Å². The lowest BCUT2D eigenvalue weighted by Crippen LogP contribution is -2.31. The SMILES string of the molecule is C[C@H](Oc1cccc2c1CCC[C@@H]2O)C(=O)Nc1ccc(S(=O)(=O)N2CCCC2)cc1. The van der Waals surface area contributed by atoms with Crippen molar-refractivity contribution >= 4 is 21.6 Å². The van der Waals surface area contributed by atoms with Crippen LogP contribution >= 0.6 is 0 Å². The van der Waals surface area contributed by atoms with Crippen LogP contribution in [0, 0.1) is 0 Å². The molecule has 8 heteroatoms. The number of sulfonamides is 1. The molecular formula is C23H28N2O5S. The van der Waals surface area contributed by atoms with Crippen molar-refractivity contribution < 1.29 is 23.1 Å². The topological polar surface area (TPSA) is 95.9 Å². The van der Waals surface area contributed by atoms with Crippen LogP contribution in [0.4, 0.5) is 5.69 Å². The molecule has 2 aliphatic rings. The number of carbonyl (C=O) groups is 1. The number of aliphatic hydroxyl groups is 1. The molecule has 1 saturated heterocycles. The highest BCUT2D eigenvalue weighted by Gasteiger charge is 2.27. The van der Waals surface area contributed by atoms with Crippen molar-refractivity contribution in [1.29, 1.82) is 0 Å². The monoisotopic (exact) mass is 444 g/mol. The normalized spacial score (nSPS) is 20.1.